The number of aromatic nitrogens is 6. The van der Waals surface area contributed by atoms with E-state index in [1.165, 1.54) is 13.2 Å². The number of thiazole rings is 1. The van der Waals surface area contributed by atoms with Crippen molar-refractivity contribution in [1.29, 1.82) is 0 Å². The predicted molar refractivity (Wildman–Crippen MR) is 236 cm³/mol. The molecule has 3 aliphatic heterocycles. The number of hydrogen-bond acceptors (Lipinski definition) is 10. The van der Waals surface area contributed by atoms with Crippen LogP contribution in [-0.4, -0.2) is 89.2 Å². The lowest BCUT2D eigenvalue weighted by Crippen LogP contribution is -2.51. The van der Waals surface area contributed by atoms with Gasteiger partial charge < -0.3 is 34.4 Å². The average molecular weight is 878 g/mol. The quantitative estimate of drug-likeness (QED) is 0.128. The summed E-state index contributed by atoms with van der Waals surface area (Å²) in [5.74, 6) is 0.816. The van der Waals surface area contributed by atoms with E-state index in [-0.39, 0.29) is 30.0 Å². The first-order chi connectivity index (χ1) is 30.2. The fraction of sp³-hybridized carbons (Fsp3) is 0.435. The zero-order valence-corrected chi connectivity index (χ0v) is 37.3. The van der Waals surface area contributed by atoms with Gasteiger partial charge in [-0.15, -0.1) is 11.3 Å². The van der Waals surface area contributed by atoms with Gasteiger partial charge in [0.15, 0.2) is 0 Å². The molecule has 4 aromatic heterocycles. The Morgan fingerprint density at radius 2 is 1.62 bits per heavy atom. The Morgan fingerprint density at radius 3 is 2.27 bits per heavy atom. The number of fused-ring (bicyclic) bond motifs is 5. The number of methoxy groups -OCH3 is 1. The van der Waals surface area contributed by atoms with Gasteiger partial charge in [-0.25, -0.2) is 28.9 Å². The van der Waals surface area contributed by atoms with Crippen LogP contribution in [0.25, 0.3) is 44.7 Å². The lowest BCUT2D eigenvalue weighted by atomic mass is 10.0. The second kappa shape index (κ2) is 16.5. The predicted octanol–water partition coefficient (Wildman–Crippen LogP) is 9.30. The number of carbonyl (C=O) groups excluding carboxylic acids is 3. The number of amides is 3. The largest absolute Gasteiger partial charge is 0.464 e. The van der Waals surface area contributed by atoms with Gasteiger partial charge in [0.25, 0.3) is 0 Å². The molecule has 6 aromatic rings. The van der Waals surface area contributed by atoms with Gasteiger partial charge in [0.2, 0.25) is 12.1 Å². The third-order valence-electron chi connectivity index (χ3n) is 12.0. The lowest BCUT2D eigenvalue weighted by molar-refractivity contribution is -0.135. The normalized spacial score (nSPS) is 19.0. The molecule has 0 radical (unpaired) electrons. The van der Waals surface area contributed by atoms with Gasteiger partial charge in [-0.05, 0) is 89.1 Å². The minimum atomic E-state index is -0.764. The Bertz CT molecular complexity index is 2710. The number of carbonyl (C=O) groups is 3. The highest BCUT2D eigenvalue weighted by atomic mass is 32.1. The number of aryl methyl sites for hydroxylation is 1. The van der Waals surface area contributed by atoms with Gasteiger partial charge in [-0.3, -0.25) is 14.3 Å². The van der Waals surface area contributed by atoms with Crippen molar-refractivity contribution in [3.8, 4) is 39.5 Å². The standard InChI is InChI=1S/C46H52FN9O6S/c1-8-37-48-23-36(63-37)43-56-31-14-13-25(29-21-49-41(51-29)33-12-10-16-55(33)45(59)62-46(4,5)6)17-27(31)19-34(56)38-28(47)18-26(20-35(38)61-43)30-22-50-40(52-30)32-11-9-15-54(32)42(57)39(24(2)3)53-44(58)60-7/h13-14,17-24,32-33,39,43H,8-12,15-16H2,1-7H3,(H,49,51)(H,50,52)(H,53,58). The molecule has 3 aliphatic rings. The van der Waals surface area contributed by atoms with E-state index in [0.29, 0.717) is 59.4 Å². The van der Waals surface area contributed by atoms with Crippen molar-refractivity contribution in [3.05, 3.63) is 82.3 Å². The summed E-state index contributed by atoms with van der Waals surface area (Å²) in [6.07, 6.45) is 7.49. The molecule has 3 N–H and O–H groups in total. The van der Waals surface area contributed by atoms with E-state index in [1.54, 1.807) is 33.5 Å². The van der Waals surface area contributed by atoms with Crippen molar-refractivity contribution in [2.45, 2.75) is 104 Å². The number of hydrogen-bond donors (Lipinski definition) is 3. The highest BCUT2D eigenvalue weighted by Crippen LogP contribution is 2.48. The number of aromatic amines is 2. The third kappa shape index (κ3) is 7.91. The number of benzene rings is 2. The molecule has 3 amide bonds. The number of ether oxygens (including phenoxy) is 3. The lowest BCUT2D eigenvalue weighted by Gasteiger charge is -2.30. The number of alkyl carbamates (subject to hydrolysis) is 1. The van der Waals surface area contributed by atoms with Crippen LogP contribution in [0, 0.1) is 11.7 Å². The molecule has 4 atom stereocenters. The number of H-pyrrole nitrogens is 2. The Balaban J connectivity index is 1.04. The molecule has 330 valence electrons. The molecule has 15 nitrogen and oxygen atoms in total. The minimum absolute atomic E-state index is 0.169. The summed E-state index contributed by atoms with van der Waals surface area (Å²) >= 11 is 1.56. The van der Waals surface area contributed by atoms with E-state index in [9.17, 15) is 14.4 Å². The summed E-state index contributed by atoms with van der Waals surface area (Å²) in [5, 5.41) is 4.53. The molecule has 0 spiro atoms. The minimum Gasteiger partial charge on any atom is -0.464 e. The Labute approximate surface area is 368 Å². The van der Waals surface area contributed by atoms with Crippen LogP contribution < -0.4 is 10.1 Å². The maximum absolute atomic E-state index is 16.8. The van der Waals surface area contributed by atoms with Crippen LogP contribution in [0.3, 0.4) is 0 Å². The molecule has 0 bridgehead atoms. The maximum atomic E-state index is 16.8. The maximum Gasteiger partial charge on any atom is 0.410 e. The van der Waals surface area contributed by atoms with Crippen molar-refractivity contribution in [2.75, 3.05) is 20.2 Å². The van der Waals surface area contributed by atoms with Gasteiger partial charge in [0, 0.05) is 35.8 Å². The Morgan fingerprint density at radius 1 is 0.937 bits per heavy atom. The first kappa shape index (κ1) is 42.1. The smallest absolute Gasteiger partial charge is 0.410 e. The van der Waals surface area contributed by atoms with Crippen LogP contribution in [0.15, 0.2) is 55.0 Å². The highest BCUT2D eigenvalue weighted by Gasteiger charge is 2.39. The molecule has 2 aromatic carbocycles. The summed E-state index contributed by atoms with van der Waals surface area (Å²) in [5.41, 5.74) is 4.07. The van der Waals surface area contributed by atoms with Crippen molar-refractivity contribution in [2.24, 2.45) is 5.92 Å². The summed E-state index contributed by atoms with van der Waals surface area (Å²) < 4.78 is 36.1. The van der Waals surface area contributed by atoms with Crippen molar-refractivity contribution < 1.29 is 33.0 Å². The molecule has 0 saturated carbocycles. The number of nitrogens with zero attached hydrogens (tertiary/aromatic N) is 6. The van der Waals surface area contributed by atoms with E-state index in [4.69, 9.17) is 19.2 Å². The van der Waals surface area contributed by atoms with Crippen molar-refractivity contribution in [3.63, 3.8) is 0 Å². The number of nitrogens with one attached hydrogen (secondary N) is 3. The van der Waals surface area contributed by atoms with Crippen LogP contribution in [0.5, 0.6) is 5.75 Å². The van der Waals surface area contributed by atoms with Crippen LogP contribution >= 0.6 is 11.3 Å². The SMILES string of the molecule is CCc1ncc(C2Oc3cc(-c4cnc(C5CCCN5C(=O)C(NC(=O)OC)C(C)C)[nH]4)cc(F)c3-c3cc4cc(-c5cnc(C6CCCN6C(=O)OC(C)(C)C)[nH]5)ccc4n32)s1. The molecule has 9 rings (SSSR count). The second-order valence-electron chi connectivity index (χ2n) is 17.7. The summed E-state index contributed by atoms with van der Waals surface area (Å²) in [4.78, 5) is 64.2. The summed E-state index contributed by atoms with van der Waals surface area (Å²) in [6, 6.07) is 10.1. The van der Waals surface area contributed by atoms with E-state index in [1.807, 2.05) is 69.6 Å². The van der Waals surface area contributed by atoms with Gasteiger partial charge in [0.1, 0.15) is 34.9 Å². The van der Waals surface area contributed by atoms with Gasteiger partial charge in [-0.1, -0.05) is 26.8 Å². The molecule has 4 unspecified atom stereocenters. The van der Waals surface area contributed by atoms with E-state index < -0.39 is 29.8 Å². The number of likely N-dealkylation sites (tertiary alicyclic amines) is 2. The van der Waals surface area contributed by atoms with Gasteiger partial charge in [-0.2, -0.15) is 0 Å². The monoisotopic (exact) mass is 877 g/mol. The van der Waals surface area contributed by atoms with E-state index >= 15 is 4.39 Å². The summed E-state index contributed by atoms with van der Waals surface area (Å²) in [7, 11) is 1.27. The average Bonchev–Trinajstić information content (AvgIpc) is 4.11. The van der Waals surface area contributed by atoms with E-state index in [0.717, 1.165) is 57.7 Å². The first-order valence-corrected chi connectivity index (χ1v) is 22.4. The molecule has 2 fully saturated rings. The van der Waals surface area contributed by atoms with Gasteiger partial charge in [0.05, 0.1) is 69.6 Å². The third-order valence-corrected chi connectivity index (χ3v) is 13.2. The molecular weight excluding hydrogens is 826 g/mol. The number of halogens is 1. The van der Waals surface area contributed by atoms with Crippen molar-refractivity contribution in [1.82, 2.24) is 44.6 Å². The van der Waals surface area contributed by atoms with Gasteiger partial charge >= 0.3 is 12.2 Å². The first-order valence-electron chi connectivity index (χ1n) is 21.6. The topological polar surface area (TPSA) is 173 Å². The molecule has 63 heavy (non-hydrogen) atoms. The molecular formula is C46H52FN9O6S. The fourth-order valence-electron chi connectivity index (χ4n) is 8.98. The molecule has 0 aliphatic carbocycles. The fourth-order valence-corrected chi connectivity index (χ4v) is 9.86. The van der Waals surface area contributed by atoms with E-state index in [2.05, 4.69) is 38.2 Å². The zero-order valence-electron chi connectivity index (χ0n) is 36.5. The second-order valence-corrected chi connectivity index (χ2v) is 18.9. The molecule has 17 heteroatoms. The highest BCUT2D eigenvalue weighted by molar-refractivity contribution is 7.11. The van der Waals surface area contributed by atoms with Crippen LogP contribution in [0.1, 0.15) is 107 Å². The van der Waals surface area contributed by atoms with Crippen molar-refractivity contribution >= 4 is 40.3 Å². The van der Waals surface area contributed by atoms with Crippen LogP contribution in [0.2, 0.25) is 0 Å². The Kier molecular flexibility index (Phi) is 11.0. The zero-order chi connectivity index (χ0) is 44.3. The number of rotatable bonds is 9. The summed E-state index contributed by atoms with van der Waals surface area (Å²) in [6.45, 7) is 12.5. The Hall–Kier alpha value is -6.23. The number of imidazole rings is 2. The van der Waals surface area contributed by atoms with Crippen LogP contribution in [-0.2, 0) is 20.7 Å². The molecule has 2 saturated heterocycles. The molecule has 7 heterocycles. The van der Waals surface area contributed by atoms with Crippen LogP contribution in [0.4, 0.5) is 14.0 Å².